The Morgan fingerprint density at radius 2 is 1.88 bits per heavy atom. The van der Waals surface area contributed by atoms with Crippen LogP contribution in [0.1, 0.15) is 27.4 Å². The highest BCUT2D eigenvalue weighted by Gasteiger charge is 2.26. The largest absolute Gasteiger partial charge is 0.459 e. The van der Waals surface area contributed by atoms with Crippen molar-refractivity contribution in [2.45, 2.75) is 19.4 Å². The first-order valence-electron chi connectivity index (χ1n) is 9.09. The molecule has 0 spiro atoms. The zero-order chi connectivity index (χ0) is 17.9. The number of hydrogen-bond acceptors (Lipinski definition) is 5. The molecular weight excluding hydrogens is 350 g/mol. The normalized spacial score (nSPS) is 18.0. The topological polar surface area (TPSA) is 57.0 Å². The van der Waals surface area contributed by atoms with Gasteiger partial charge in [0.05, 0.1) is 6.26 Å². The second-order valence-corrected chi connectivity index (χ2v) is 7.80. The number of carbonyl (C=O) groups is 2. The average molecular weight is 373 g/mol. The highest BCUT2D eigenvalue weighted by Crippen LogP contribution is 2.24. The average Bonchev–Trinajstić information content (AvgIpc) is 3.37. The Bertz CT molecular complexity index is 763. The molecule has 4 rings (SSSR count). The summed E-state index contributed by atoms with van der Waals surface area (Å²) in [6, 6.07) is 5.59. The molecule has 0 unspecified atom stereocenters. The molecule has 0 aromatic carbocycles. The van der Waals surface area contributed by atoms with Crippen LogP contribution in [0.5, 0.6) is 0 Å². The summed E-state index contributed by atoms with van der Waals surface area (Å²) >= 11 is 1.84. The van der Waals surface area contributed by atoms with E-state index in [0.717, 1.165) is 26.1 Å². The number of hydrogen-bond donors (Lipinski definition) is 0. The monoisotopic (exact) mass is 373 g/mol. The van der Waals surface area contributed by atoms with Crippen LogP contribution >= 0.6 is 11.3 Å². The molecule has 2 aliphatic rings. The molecule has 0 aliphatic carbocycles. The zero-order valence-corrected chi connectivity index (χ0v) is 15.5. The Balaban J connectivity index is 1.22. The Labute approximate surface area is 157 Å². The van der Waals surface area contributed by atoms with Crippen LogP contribution < -0.4 is 0 Å². The third kappa shape index (κ3) is 3.68. The minimum atomic E-state index is -0.0954. The molecule has 2 aromatic rings. The fraction of sp³-hybridized carbons (Fsp3) is 0.474. The Morgan fingerprint density at radius 3 is 2.65 bits per heavy atom. The summed E-state index contributed by atoms with van der Waals surface area (Å²) < 4.78 is 5.17. The van der Waals surface area contributed by atoms with Crippen LogP contribution in [-0.2, 0) is 17.8 Å². The van der Waals surface area contributed by atoms with Gasteiger partial charge in [-0.15, -0.1) is 11.3 Å². The van der Waals surface area contributed by atoms with Crippen LogP contribution in [-0.4, -0.2) is 65.8 Å². The molecule has 26 heavy (non-hydrogen) atoms. The van der Waals surface area contributed by atoms with Crippen molar-refractivity contribution in [3.05, 3.63) is 46.0 Å². The summed E-state index contributed by atoms with van der Waals surface area (Å²) in [6.07, 6.45) is 3.15. The van der Waals surface area contributed by atoms with E-state index < -0.39 is 0 Å². The standard InChI is InChI=1S/C19H23N3O3S/c23-18(4-7-20-6-3-17-15(14-20)5-13-26-17)21-8-10-22(11-9-21)19(24)16-2-1-12-25-16/h1-2,5,12-13H,3-4,6-11,14H2. The van der Waals surface area contributed by atoms with E-state index in [-0.39, 0.29) is 11.8 Å². The Morgan fingerprint density at radius 1 is 1.08 bits per heavy atom. The van der Waals surface area contributed by atoms with Crippen molar-refractivity contribution < 1.29 is 14.0 Å². The molecule has 2 amide bonds. The zero-order valence-electron chi connectivity index (χ0n) is 14.7. The SMILES string of the molecule is O=C(CCN1CCc2sccc2C1)N1CCN(C(=O)c2ccco2)CC1. The van der Waals surface area contributed by atoms with Gasteiger partial charge in [0.2, 0.25) is 5.91 Å². The fourth-order valence-electron chi connectivity index (χ4n) is 3.62. The second-order valence-electron chi connectivity index (χ2n) is 6.80. The first-order valence-corrected chi connectivity index (χ1v) is 9.97. The number of piperazine rings is 1. The first kappa shape index (κ1) is 17.3. The lowest BCUT2D eigenvalue weighted by Crippen LogP contribution is -2.51. The molecule has 0 radical (unpaired) electrons. The van der Waals surface area contributed by atoms with E-state index in [1.807, 2.05) is 16.2 Å². The Kier molecular flexibility index (Phi) is 5.08. The minimum absolute atomic E-state index is 0.0954. The van der Waals surface area contributed by atoms with Crippen molar-refractivity contribution in [3.63, 3.8) is 0 Å². The van der Waals surface area contributed by atoms with E-state index in [0.29, 0.717) is 38.4 Å². The summed E-state index contributed by atoms with van der Waals surface area (Å²) in [6.45, 7) is 5.11. The predicted molar refractivity (Wildman–Crippen MR) is 99.1 cm³/mol. The molecule has 0 atom stereocenters. The van der Waals surface area contributed by atoms with E-state index in [2.05, 4.69) is 16.3 Å². The van der Waals surface area contributed by atoms with Gasteiger partial charge in [-0.1, -0.05) is 0 Å². The molecule has 138 valence electrons. The molecule has 2 aromatic heterocycles. The van der Waals surface area contributed by atoms with Crippen molar-refractivity contribution in [1.29, 1.82) is 0 Å². The van der Waals surface area contributed by atoms with Crippen LogP contribution in [0, 0.1) is 0 Å². The van der Waals surface area contributed by atoms with Gasteiger partial charge in [0.15, 0.2) is 5.76 Å². The number of rotatable bonds is 4. The van der Waals surface area contributed by atoms with Crippen LogP contribution in [0.4, 0.5) is 0 Å². The molecule has 0 bridgehead atoms. The number of fused-ring (bicyclic) bond motifs is 1. The smallest absolute Gasteiger partial charge is 0.289 e. The van der Waals surface area contributed by atoms with Crippen LogP contribution in [0.2, 0.25) is 0 Å². The van der Waals surface area contributed by atoms with Gasteiger partial charge in [-0.3, -0.25) is 14.5 Å². The second kappa shape index (κ2) is 7.63. The van der Waals surface area contributed by atoms with Crippen molar-refractivity contribution in [1.82, 2.24) is 14.7 Å². The molecular formula is C19H23N3O3S. The van der Waals surface area contributed by atoms with E-state index in [9.17, 15) is 9.59 Å². The molecule has 6 nitrogen and oxygen atoms in total. The molecule has 2 aliphatic heterocycles. The maximum Gasteiger partial charge on any atom is 0.289 e. The molecule has 4 heterocycles. The van der Waals surface area contributed by atoms with E-state index >= 15 is 0 Å². The lowest BCUT2D eigenvalue weighted by molar-refractivity contribution is -0.133. The van der Waals surface area contributed by atoms with E-state index in [1.54, 1.807) is 17.0 Å². The molecule has 1 fully saturated rings. The molecule has 0 saturated carbocycles. The van der Waals surface area contributed by atoms with Gasteiger partial charge in [0, 0.05) is 57.1 Å². The summed E-state index contributed by atoms with van der Waals surface area (Å²) in [4.78, 5) is 32.3. The maximum absolute atomic E-state index is 12.5. The molecule has 0 N–H and O–H groups in total. The van der Waals surface area contributed by atoms with Crippen molar-refractivity contribution in [3.8, 4) is 0 Å². The fourth-order valence-corrected chi connectivity index (χ4v) is 4.51. The maximum atomic E-state index is 12.5. The van der Waals surface area contributed by atoms with Crippen LogP contribution in [0.3, 0.4) is 0 Å². The number of carbonyl (C=O) groups excluding carboxylic acids is 2. The predicted octanol–water partition coefficient (Wildman–Crippen LogP) is 2.07. The summed E-state index contributed by atoms with van der Waals surface area (Å²) in [5, 5.41) is 2.16. The quantitative estimate of drug-likeness (QED) is 0.823. The summed E-state index contributed by atoms with van der Waals surface area (Å²) in [5.74, 6) is 0.455. The molecule has 7 heteroatoms. The lowest BCUT2D eigenvalue weighted by Gasteiger charge is -2.35. The van der Waals surface area contributed by atoms with E-state index in [4.69, 9.17) is 4.42 Å². The lowest BCUT2D eigenvalue weighted by atomic mass is 10.1. The third-order valence-electron chi connectivity index (χ3n) is 5.18. The number of thiophene rings is 1. The van der Waals surface area contributed by atoms with Crippen molar-refractivity contribution >= 4 is 23.2 Å². The van der Waals surface area contributed by atoms with Gasteiger partial charge in [0.1, 0.15) is 0 Å². The Hall–Kier alpha value is -2.12. The van der Waals surface area contributed by atoms with Crippen LogP contribution in [0.15, 0.2) is 34.3 Å². The highest BCUT2D eigenvalue weighted by molar-refractivity contribution is 7.10. The van der Waals surface area contributed by atoms with Gasteiger partial charge in [0.25, 0.3) is 5.91 Å². The number of amides is 2. The van der Waals surface area contributed by atoms with Crippen molar-refractivity contribution in [2.75, 3.05) is 39.3 Å². The minimum Gasteiger partial charge on any atom is -0.459 e. The van der Waals surface area contributed by atoms with Gasteiger partial charge in [-0.05, 0) is 35.6 Å². The summed E-state index contributed by atoms with van der Waals surface area (Å²) in [5.41, 5.74) is 1.42. The number of nitrogens with zero attached hydrogens (tertiary/aromatic N) is 3. The van der Waals surface area contributed by atoms with Crippen LogP contribution in [0.25, 0.3) is 0 Å². The van der Waals surface area contributed by atoms with Gasteiger partial charge in [-0.25, -0.2) is 0 Å². The molecule has 1 saturated heterocycles. The van der Waals surface area contributed by atoms with Crippen molar-refractivity contribution in [2.24, 2.45) is 0 Å². The number of furan rings is 1. The van der Waals surface area contributed by atoms with Gasteiger partial charge in [-0.2, -0.15) is 0 Å². The van der Waals surface area contributed by atoms with Gasteiger partial charge < -0.3 is 14.2 Å². The van der Waals surface area contributed by atoms with E-state index in [1.165, 1.54) is 16.7 Å². The van der Waals surface area contributed by atoms with Gasteiger partial charge >= 0.3 is 0 Å². The first-order chi connectivity index (χ1) is 12.7. The highest BCUT2D eigenvalue weighted by atomic mass is 32.1. The summed E-state index contributed by atoms with van der Waals surface area (Å²) in [7, 11) is 0. The third-order valence-corrected chi connectivity index (χ3v) is 6.20.